The third kappa shape index (κ3) is 1.91. The largest absolute Gasteiger partial charge is 0.476 e. The predicted molar refractivity (Wildman–Crippen MR) is 57.4 cm³/mol. The zero-order chi connectivity index (χ0) is 12.4. The third-order valence-electron chi connectivity index (χ3n) is 2.07. The molecule has 2 heterocycles. The van der Waals surface area contributed by atoms with E-state index in [0.29, 0.717) is 5.69 Å². The summed E-state index contributed by atoms with van der Waals surface area (Å²) < 4.78 is 1.30. The molecule has 0 aliphatic rings. The molecule has 0 saturated carbocycles. The van der Waals surface area contributed by atoms with Crippen molar-refractivity contribution in [2.75, 3.05) is 5.73 Å². The fourth-order valence-corrected chi connectivity index (χ4v) is 1.27. The Labute approximate surface area is 95.7 Å². The smallest absolute Gasteiger partial charge is 0.358 e. The second kappa shape index (κ2) is 3.94. The summed E-state index contributed by atoms with van der Waals surface area (Å²) in [5.74, 6) is -1.19. The maximum atomic E-state index is 10.8. The summed E-state index contributed by atoms with van der Waals surface area (Å²) in [5.41, 5.74) is 6.16. The molecule has 17 heavy (non-hydrogen) atoms. The van der Waals surface area contributed by atoms with Gasteiger partial charge in [0, 0.05) is 0 Å². The maximum absolute atomic E-state index is 10.8. The van der Waals surface area contributed by atoms with Crippen LogP contribution in [-0.2, 0) is 0 Å². The van der Waals surface area contributed by atoms with Crippen LogP contribution in [0.15, 0.2) is 24.5 Å². The van der Waals surface area contributed by atoms with Gasteiger partial charge in [-0.25, -0.2) is 14.5 Å². The van der Waals surface area contributed by atoms with Crippen LogP contribution in [-0.4, -0.2) is 25.8 Å². The van der Waals surface area contributed by atoms with Crippen molar-refractivity contribution in [2.45, 2.75) is 0 Å². The second-order valence-corrected chi connectivity index (χ2v) is 3.20. The molecule has 0 aromatic carbocycles. The van der Waals surface area contributed by atoms with E-state index in [2.05, 4.69) is 10.1 Å². The zero-order valence-electron chi connectivity index (χ0n) is 8.53. The molecule has 7 nitrogen and oxygen atoms in total. The lowest BCUT2D eigenvalue weighted by Crippen LogP contribution is -2.02. The molecule has 2 aromatic rings. The van der Waals surface area contributed by atoms with Crippen molar-refractivity contribution in [3.8, 4) is 11.8 Å². The van der Waals surface area contributed by atoms with E-state index in [1.165, 1.54) is 23.1 Å². The van der Waals surface area contributed by atoms with Gasteiger partial charge < -0.3 is 10.8 Å². The highest BCUT2D eigenvalue weighted by Crippen LogP contribution is 2.13. The number of anilines is 1. The number of nitriles is 1. The van der Waals surface area contributed by atoms with Crippen LogP contribution in [0, 0.1) is 11.3 Å². The van der Waals surface area contributed by atoms with Gasteiger partial charge in [-0.05, 0) is 12.1 Å². The Bertz CT molecular complexity index is 609. The number of nitrogens with zero attached hydrogens (tertiary/aromatic N) is 4. The number of rotatable bonds is 2. The molecule has 0 atom stereocenters. The Morgan fingerprint density at radius 2 is 2.29 bits per heavy atom. The number of aromatic carboxylic acids is 1. The van der Waals surface area contributed by atoms with Crippen molar-refractivity contribution in [3.05, 3.63) is 35.9 Å². The van der Waals surface area contributed by atoms with Gasteiger partial charge in [-0.1, -0.05) is 0 Å². The zero-order valence-corrected chi connectivity index (χ0v) is 8.53. The van der Waals surface area contributed by atoms with Gasteiger partial charge in [0.25, 0.3) is 0 Å². The molecule has 0 bridgehead atoms. The SMILES string of the molecule is N#Cc1ccc(-n2cc(N)c(C(=O)O)n2)cn1. The lowest BCUT2D eigenvalue weighted by atomic mass is 10.3. The van der Waals surface area contributed by atoms with Gasteiger partial charge in [0.15, 0.2) is 5.69 Å². The summed E-state index contributed by atoms with van der Waals surface area (Å²) >= 11 is 0. The molecule has 0 spiro atoms. The van der Waals surface area contributed by atoms with Gasteiger partial charge in [-0.15, -0.1) is 0 Å². The van der Waals surface area contributed by atoms with Crippen LogP contribution in [0.2, 0.25) is 0 Å². The molecule has 0 radical (unpaired) electrons. The average molecular weight is 229 g/mol. The fourth-order valence-electron chi connectivity index (χ4n) is 1.27. The summed E-state index contributed by atoms with van der Waals surface area (Å²) in [6.45, 7) is 0. The molecule has 0 aliphatic carbocycles. The molecule has 0 unspecified atom stereocenters. The number of carboxylic acid groups (broad SMARTS) is 1. The van der Waals surface area contributed by atoms with Gasteiger partial charge in [-0.2, -0.15) is 10.4 Å². The Kier molecular flexibility index (Phi) is 2.46. The van der Waals surface area contributed by atoms with Crippen molar-refractivity contribution in [2.24, 2.45) is 0 Å². The number of aromatic nitrogens is 3. The van der Waals surface area contributed by atoms with Gasteiger partial charge in [0.05, 0.1) is 23.8 Å². The van der Waals surface area contributed by atoms with E-state index in [4.69, 9.17) is 16.1 Å². The number of nitrogens with two attached hydrogens (primary N) is 1. The quantitative estimate of drug-likeness (QED) is 0.770. The van der Waals surface area contributed by atoms with Crippen molar-refractivity contribution in [1.82, 2.24) is 14.8 Å². The maximum Gasteiger partial charge on any atom is 0.358 e. The number of nitrogen functional groups attached to an aromatic ring is 1. The lowest BCUT2D eigenvalue weighted by Gasteiger charge is -1.98. The first-order chi connectivity index (χ1) is 8.11. The first-order valence-electron chi connectivity index (χ1n) is 4.57. The van der Waals surface area contributed by atoms with E-state index in [-0.39, 0.29) is 17.1 Å². The number of pyridine rings is 1. The van der Waals surface area contributed by atoms with Crippen molar-refractivity contribution in [1.29, 1.82) is 5.26 Å². The van der Waals surface area contributed by atoms with Crippen LogP contribution < -0.4 is 5.73 Å². The molecular weight excluding hydrogens is 222 g/mol. The molecule has 0 aliphatic heterocycles. The van der Waals surface area contributed by atoms with Gasteiger partial charge in [0.1, 0.15) is 11.8 Å². The minimum absolute atomic E-state index is 0.0712. The van der Waals surface area contributed by atoms with Gasteiger partial charge >= 0.3 is 5.97 Å². The minimum Gasteiger partial charge on any atom is -0.476 e. The molecular formula is C10H7N5O2. The molecule has 0 saturated heterocycles. The number of carbonyl (C=O) groups is 1. The summed E-state index contributed by atoms with van der Waals surface area (Å²) in [4.78, 5) is 14.6. The molecule has 2 aromatic heterocycles. The molecule has 84 valence electrons. The summed E-state index contributed by atoms with van der Waals surface area (Å²) in [7, 11) is 0. The van der Waals surface area contributed by atoms with E-state index in [1.54, 1.807) is 6.07 Å². The monoisotopic (exact) mass is 229 g/mol. The summed E-state index contributed by atoms with van der Waals surface area (Å²) in [6.07, 6.45) is 2.79. The first-order valence-corrected chi connectivity index (χ1v) is 4.57. The number of carboxylic acids is 1. The van der Waals surface area contributed by atoms with E-state index >= 15 is 0 Å². The van der Waals surface area contributed by atoms with E-state index in [1.807, 2.05) is 6.07 Å². The Morgan fingerprint density at radius 3 is 2.76 bits per heavy atom. The molecule has 0 amide bonds. The highest BCUT2D eigenvalue weighted by atomic mass is 16.4. The molecule has 2 rings (SSSR count). The van der Waals surface area contributed by atoms with Crippen LogP contribution in [0.1, 0.15) is 16.2 Å². The van der Waals surface area contributed by atoms with Crippen LogP contribution in [0.3, 0.4) is 0 Å². The standard InChI is InChI=1S/C10H7N5O2/c11-3-6-1-2-7(4-13-6)15-5-8(12)9(14-15)10(16)17/h1-2,4-5H,12H2,(H,16,17). The van der Waals surface area contributed by atoms with E-state index in [0.717, 1.165) is 0 Å². The molecule has 3 N–H and O–H groups in total. The molecule has 0 fully saturated rings. The van der Waals surface area contributed by atoms with Gasteiger partial charge in [0.2, 0.25) is 0 Å². The highest BCUT2D eigenvalue weighted by Gasteiger charge is 2.13. The average Bonchev–Trinajstić information content (AvgIpc) is 2.71. The third-order valence-corrected chi connectivity index (χ3v) is 2.07. The van der Waals surface area contributed by atoms with Crippen LogP contribution in [0.25, 0.3) is 5.69 Å². The topological polar surface area (TPSA) is 118 Å². The van der Waals surface area contributed by atoms with E-state index < -0.39 is 5.97 Å². The minimum atomic E-state index is -1.19. The van der Waals surface area contributed by atoms with Crippen LogP contribution in [0.5, 0.6) is 0 Å². The Hall–Kier alpha value is -2.88. The summed E-state index contributed by atoms with van der Waals surface area (Å²) in [6, 6.07) is 4.99. The fraction of sp³-hybridized carbons (Fsp3) is 0. The summed E-state index contributed by atoms with van der Waals surface area (Å²) in [5, 5.41) is 21.2. The normalized spacial score (nSPS) is 9.82. The Morgan fingerprint density at radius 1 is 1.53 bits per heavy atom. The van der Waals surface area contributed by atoms with Crippen molar-refractivity contribution < 1.29 is 9.90 Å². The number of hydrogen-bond donors (Lipinski definition) is 2. The van der Waals surface area contributed by atoms with Crippen LogP contribution in [0.4, 0.5) is 5.69 Å². The molecule has 7 heteroatoms. The Balaban J connectivity index is 2.43. The second-order valence-electron chi connectivity index (χ2n) is 3.20. The van der Waals surface area contributed by atoms with Crippen LogP contribution >= 0.6 is 0 Å². The number of hydrogen-bond acceptors (Lipinski definition) is 5. The van der Waals surface area contributed by atoms with Crippen molar-refractivity contribution in [3.63, 3.8) is 0 Å². The van der Waals surface area contributed by atoms with Gasteiger partial charge in [-0.3, -0.25) is 0 Å². The van der Waals surface area contributed by atoms with Crippen molar-refractivity contribution >= 4 is 11.7 Å². The highest BCUT2D eigenvalue weighted by molar-refractivity contribution is 5.91. The predicted octanol–water partition coefficient (Wildman–Crippen LogP) is 0.419. The van der Waals surface area contributed by atoms with E-state index in [9.17, 15) is 4.79 Å². The first kappa shape index (κ1) is 10.6. The lowest BCUT2D eigenvalue weighted by molar-refractivity contribution is 0.0691.